The van der Waals surface area contributed by atoms with E-state index in [0.717, 1.165) is 22.6 Å². The van der Waals surface area contributed by atoms with Crippen LogP contribution in [-0.2, 0) is 11.3 Å². The molecule has 1 amide bonds. The molecule has 0 unspecified atom stereocenters. The van der Waals surface area contributed by atoms with E-state index in [0.29, 0.717) is 23.8 Å². The summed E-state index contributed by atoms with van der Waals surface area (Å²) in [5, 5.41) is 6.87. The molecular formula is C17H14FN3O2S. The van der Waals surface area contributed by atoms with E-state index < -0.39 is 0 Å². The maximum absolute atomic E-state index is 13.0. The predicted octanol–water partition coefficient (Wildman–Crippen LogP) is 3.63. The van der Waals surface area contributed by atoms with Gasteiger partial charge in [0.2, 0.25) is 11.7 Å². The fourth-order valence-corrected chi connectivity index (χ4v) is 3.16. The van der Waals surface area contributed by atoms with Crippen LogP contribution in [0.25, 0.3) is 22.2 Å². The molecule has 1 aliphatic carbocycles. The summed E-state index contributed by atoms with van der Waals surface area (Å²) in [6, 6.07) is 9.77. The van der Waals surface area contributed by atoms with E-state index in [9.17, 15) is 9.18 Å². The van der Waals surface area contributed by atoms with E-state index in [1.165, 1.54) is 23.5 Å². The Morgan fingerprint density at radius 1 is 1.25 bits per heavy atom. The zero-order valence-electron chi connectivity index (χ0n) is 12.7. The van der Waals surface area contributed by atoms with E-state index in [1.807, 2.05) is 12.1 Å². The zero-order valence-corrected chi connectivity index (χ0v) is 13.5. The van der Waals surface area contributed by atoms with Crippen LogP contribution >= 0.6 is 11.3 Å². The van der Waals surface area contributed by atoms with Gasteiger partial charge in [-0.1, -0.05) is 5.16 Å². The molecule has 0 atom stereocenters. The van der Waals surface area contributed by atoms with Crippen molar-refractivity contribution in [3.63, 3.8) is 0 Å². The highest BCUT2D eigenvalue weighted by Crippen LogP contribution is 2.30. The predicted molar refractivity (Wildman–Crippen MR) is 87.6 cm³/mol. The Labute approximate surface area is 141 Å². The largest absolute Gasteiger partial charge is 0.351 e. The van der Waals surface area contributed by atoms with Gasteiger partial charge in [-0.25, -0.2) is 4.39 Å². The van der Waals surface area contributed by atoms with Gasteiger partial charge in [0.25, 0.3) is 5.89 Å². The summed E-state index contributed by atoms with van der Waals surface area (Å²) >= 11 is 1.50. The van der Waals surface area contributed by atoms with Crippen molar-refractivity contribution in [2.75, 3.05) is 0 Å². The van der Waals surface area contributed by atoms with E-state index in [1.54, 1.807) is 12.1 Å². The lowest BCUT2D eigenvalue weighted by atomic mass is 10.2. The van der Waals surface area contributed by atoms with Crippen LogP contribution in [0.15, 0.2) is 40.9 Å². The first-order valence-corrected chi connectivity index (χ1v) is 8.47. The second-order valence-corrected chi connectivity index (χ2v) is 6.86. The smallest absolute Gasteiger partial charge is 0.268 e. The van der Waals surface area contributed by atoms with Crippen LogP contribution in [0, 0.1) is 11.7 Å². The molecule has 1 aromatic carbocycles. The molecule has 1 aliphatic rings. The highest BCUT2D eigenvalue weighted by molar-refractivity contribution is 7.15. The minimum atomic E-state index is -0.307. The zero-order chi connectivity index (χ0) is 16.5. The number of amides is 1. The number of rotatable bonds is 5. The Morgan fingerprint density at radius 2 is 2.04 bits per heavy atom. The molecule has 4 rings (SSSR count). The summed E-state index contributed by atoms with van der Waals surface area (Å²) in [4.78, 5) is 17.9. The molecule has 7 heteroatoms. The Hall–Kier alpha value is -2.54. The molecule has 5 nitrogen and oxygen atoms in total. The van der Waals surface area contributed by atoms with E-state index in [-0.39, 0.29) is 17.6 Å². The standard InChI is InChI=1S/C17H14FN3O2S/c18-12-5-3-10(4-6-12)15-20-17(23-21-15)14-8-7-13(24-14)9-19-16(22)11-1-2-11/h3-8,11H,1-2,9H2,(H,19,22). The van der Waals surface area contributed by atoms with Gasteiger partial charge in [0, 0.05) is 16.4 Å². The van der Waals surface area contributed by atoms with Crippen molar-refractivity contribution in [1.82, 2.24) is 15.5 Å². The van der Waals surface area contributed by atoms with Crippen molar-refractivity contribution in [2.45, 2.75) is 19.4 Å². The van der Waals surface area contributed by atoms with Crippen molar-refractivity contribution >= 4 is 17.2 Å². The number of hydrogen-bond donors (Lipinski definition) is 1. The molecule has 3 aromatic rings. The van der Waals surface area contributed by atoms with Gasteiger partial charge >= 0.3 is 0 Å². The normalized spacial score (nSPS) is 13.9. The van der Waals surface area contributed by atoms with Crippen LogP contribution in [-0.4, -0.2) is 16.0 Å². The SMILES string of the molecule is O=C(NCc1ccc(-c2nc(-c3ccc(F)cc3)no2)s1)C1CC1. The third-order valence-corrected chi connectivity index (χ3v) is 4.86. The molecule has 0 radical (unpaired) electrons. The first-order valence-electron chi connectivity index (χ1n) is 7.65. The number of carbonyl (C=O) groups excluding carboxylic acids is 1. The number of nitrogens with zero attached hydrogens (tertiary/aromatic N) is 2. The number of carbonyl (C=O) groups is 1. The number of aromatic nitrogens is 2. The van der Waals surface area contributed by atoms with Crippen molar-refractivity contribution in [2.24, 2.45) is 5.92 Å². The molecule has 0 saturated heterocycles. The van der Waals surface area contributed by atoms with Gasteiger partial charge in [-0.3, -0.25) is 4.79 Å². The van der Waals surface area contributed by atoms with Crippen molar-refractivity contribution < 1.29 is 13.7 Å². The minimum absolute atomic E-state index is 0.126. The van der Waals surface area contributed by atoms with E-state index in [2.05, 4.69) is 15.5 Å². The molecule has 0 spiro atoms. The lowest BCUT2D eigenvalue weighted by Crippen LogP contribution is -2.23. The average Bonchev–Trinajstić information content (AvgIpc) is 3.14. The molecule has 2 aromatic heterocycles. The van der Waals surface area contributed by atoms with Crippen molar-refractivity contribution in [1.29, 1.82) is 0 Å². The molecule has 0 bridgehead atoms. The number of halogens is 1. The third-order valence-electron chi connectivity index (χ3n) is 3.79. The highest BCUT2D eigenvalue weighted by atomic mass is 32.1. The maximum atomic E-state index is 13.0. The Bertz CT molecular complexity index is 868. The van der Waals surface area contributed by atoms with Gasteiger partial charge < -0.3 is 9.84 Å². The lowest BCUT2D eigenvalue weighted by Gasteiger charge is -2.00. The van der Waals surface area contributed by atoms with Crippen LogP contribution in [0.2, 0.25) is 0 Å². The van der Waals surface area contributed by atoms with Gasteiger partial charge in [-0.15, -0.1) is 11.3 Å². The van der Waals surface area contributed by atoms with Crippen molar-refractivity contribution in [3.8, 4) is 22.2 Å². The molecular weight excluding hydrogens is 329 g/mol. The minimum Gasteiger partial charge on any atom is -0.351 e. The number of benzene rings is 1. The molecule has 122 valence electrons. The number of nitrogens with one attached hydrogen (secondary N) is 1. The average molecular weight is 343 g/mol. The molecule has 0 aliphatic heterocycles. The van der Waals surface area contributed by atoms with Crippen LogP contribution in [0.5, 0.6) is 0 Å². The van der Waals surface area contributed by atoms with Gasteiger partial charge in [0.05, 0.1) is 11.4 Å². The van der Waals surface area contributed by atoms with Crippen LogP contribution in [0.4, 0.5) is 4.39 Å². The lowest BCUT2D eigenvalue weighted by molar-refractivity contribution is -0.122. The second kappa shape index (κ2) is 6.16. The highest BCUT2D eigenvalue weighted by Gasteiger charge is 2.29. The third kappa shape index (κ3) is 3.21. The molecule has 1 fully saturated rings. The van der Waals surface area contributed by atoms with Crippen LogP contribution in [0.3, 0.4) is 0 Å². The van der Waals surface area contributed by atoms with Crippen LogP contribution in [0.1, 0.15) is 17.7 Å². The second-order valence-electron chi connectivity index (χ2n) is 5.69. The Morgan fingerprint density at radius 3 is 2.79 bits per heavy atom. The molecule has 2 heterocycles. The van der Waals surface area contributed by atoms with Crippen LogP contribution < -0.4 is 5.32 Å². The maximum Gasteiger partial charge on any atom is 0.268 e. The van der Waals surface area contributed by atoms with Crippen molar-refractivity contribution in [3.05, 3.63) is 47.1 Å². The fourth-order valence-electron chi connectivity index (χ4n) is 2.29. The first-order chi connectivity index (χ1) is 11.7. The summed E-state index contributed by atoms with van der Waals surface area (Å²) in [5.41, 5.74) is 0.694. The quantitative estimate of drug-likeness (QED) is 0.768. The van der Waals surface area contributed by atoms with E-state index >= 15 is 0 Å². The van der Waals surface area contributed by atoms with Gasteiger partial charge in [0.15, 0.2) is 0 Å². The Balaban J connectivity index is 1.46. The fraction of sp³-hybridized carbons (Fsp3) is 0.235. The van der Waals surface area contributed by atoms with Gasteiger partial charge in [0.1, 0.15) is 5.82 Å². The molecule has 1 saturated carbocycles. The number of hydrogen-bond acceptors (Lipinski definition) is 5. The summed E-state index contributed by atoms with van der Waals surface area (Å²) < 4.78 is 18.3. The summed E-state index contributed by atoms with van der Waals surface area (Å²) in [6.45, 7) is 0.513. The summed E-state index contributed by atoms with van der Waals surface area (Å²) in [7, 11) is 0. The first kappa shape index (κ1) is 15.0. The molecule has 1 N–H and O–H groups in total. The van der Waals surface area contributed by atoms with E-state index in [4.69, 9.17) is 4.52 Å². The number of thiophene rings is 1. The Kier molecular flexibility index (Phi) is 3.86. The summed E-state index contributed by atoms with van der Waals surface area (Å²) in [6.07, 6.45) is 1.99. The topological polar surface area (TPSA) is 68.0 Å². The van der Waals surface area contributed by atoms with Gasteiger partial charge in [-0.2, -0.15) is 4.98 Å². The van der Waals surface area contributed by atoms with Gasteiger partial charge in [-0.05, 0) is 49.2 Å². The summed E-state index contributed by atoms with van der Waals surface area (Å²) in [5.74, 6) is 0.861. The molecule has 24 heavy (non-hydrogen) atoms. The monoisotopic (exact) mass is 343 g/mol.